The number of carboxylic acids is 1. The summed E-state index contributed by atoms with van der Waals surface area (Å²) in [5, 5.41) is 18.2. The van der Waals surface area contributed by atoms with E-state index in [9.17, 15) is 9.90 Å². The van der Waals surface area contributed by atoms with Crippen molar-refractivity contribution in [3.8, 4) is 11.4 Å². The van der Waals surface area contributed by atoms with Crippen LogP contribution in [0.25, 0.3) is 17.3 Å². The van der Waals surface area contributed by atoms with Crippen LogP contribution in [-0.2, 0) is 6.54 Å². The molecule has 0 saturated heterocycles. The fraction of sp³-hybridized carbons (Fsp3) is 0.143. The number of nitrogens with zero attached hydrogens (tertiary/aromatic N) is 2. The van der Waals surface area contributed by atoms with Crippen molar-refractivity contribution in [1.82, 2.24) is 15.1 Å². The third-order valence-electron chi connectivity index (χ3n) is 4.70. The Morgan fingerprint density at radius 2 is 1.97 bits per heavy atom. The maximum atomic E-state index is 11.8. The predicted molar refractivity (Wildman–Crippen MR) is 113 cm³/mol. The number of carbonyl (C=O) groups is 1. The zero-order chi connectivity index (χ0) is 20.5. The van der Waals surface area contributed by atoms with Crippen LogP contribution in [0.4, 0.5) is 0 Å². The average Bonchev–Trinajstić information content (AvgIpc) is 3.09. The number of fused-ring (bicyclic) bond motifs is 1. The van der Waals surface area contributed by atoms with Gasteiger partial charge in [0.15, 0.2) is 5.69 Å². The molecule has 148 valence electrons. The van der Waals surface area contributed by atoms with E-state index in [0.717, 1.165) is 22.6 Å². The molecule has 0 aliphatic carbocycles. The lowest BCUT2D eigenvalue weighted by Gasteiger charge is -2.20. The molecule has 0 spiro atoms. The molecule has 29 heavy (non-hydrogen) atoms. The van der Waals surface area contributed by atoms with Crippen molar-refractivity contribution in [3.05, 3.63) is 75.0 Å². The van der Waals surface area contributed by atoms with Crippen LogP contribution >= 0.6 is 23.2 Å². The maximum Gasteiger partial charge on any atom is 0.356 e. The Balaban J connectivity index is 1.90. The minimum Gasteiger partial charge on any atom is -0.497 e. The van der Waals surface area contributed by atoms with Crippen molar-refractivity contribution < 1.29 is 14.6 Å². The van der Waals surface area contributed by atoms with Gasteiger partial charge in [-0.1, -0.05) is 35.3 Å². The molecule has 0 fully saturated rings. The molecule has 2 heterocycles. The Labute approximate surface area is 177 Å². The molecule has 2 aromatic carbocycles. The van der Waals surface area contributed by atoms with Gasteiger partial charge < -0.3 is 15.2 Å². The van der Waals surface area contributed by atoms with E-state index in [1.54, 1.807) is 30.0 Å². The Morgan fingerprint density at radius 3 is 2.62 bits per heavy atom. The van der Waals surface area contributed by atoms with Crippen molar-refractivity contribution in [2.45, 2.75) is 6.54 Å². The quantitative estimate of drug-likeness (QED) is 0.636. The second kappa shape index (κ2) is 7.91. The number of aromatic carboxylic acids is 1. The van der Waals surface area contributed by atoms with Crippen LogP contribution < -0.4 is 10.1 Å². The molecule has 4 rings (SSSR count). The van der Waals surface area contributed by atoms with Crippen LogP contribution in [0.5, 0.6) is 5.75 Å². The molecular formula is C21H17Cl2N3O3. The second-order valence-electron chi connectivity index (χ2n) is 6.53. The Morgan fingerprint density at radius 1 is 1.21 bits per heavy atom. The summed E-state index contributed by atoms with van der Waals surface area (Å²) in [5.74, 6) is -0.321. The molecule has 0 saturated carbocycles. The molecule has 1 aliphatic rings. The predicted octanol–water partition coefficient (Wildman–Crippen LogP) is 4.53. The van der Waals surface area contributed by atoms with Crippen molar-refractivity contribution in [2.24, 2.45) is 0 Å². The van der Waals surface area contributed by atoms with Crippen LogP contribution in [0.3, 0.4) is 0 Å². The summed E-state index contributed by atoms with van der Waals surface area (Å²) in [6, 6.07) is 12.7. The lowest BCUT2D eigenvalue weighted by Crippen LogP contribution is -2.24. The summed E-state index contributed by atoms with van der Waals surface area (Å²) in [4.78, 5) is 11.8. The van der Waals surface area contributed by atoms with Crippen LogP contribution in [0.15, 0.2) is 42.5 Å². The van der Waals surface area contributed by atoms with E-state index < -0.39 is 5.97 Å². The smallest absolute Gasteiger partial charge is 0.356 e. The third-order valence-corrected chi connectivity index (χ3v) is 5.24. The Hall–Kier alpha value is -2.80. The van der Waals surface area contributed by atoms with E-state index in [1.165, 1.54) is 0 Å². The number of hydrogen-bond acceptors (Lipinski definition) is 4. The van der Waals surface area contributed by atoms with E-state index in [0.29, 0.717) is 34.4 Å². The summed E-state index contributed by atoms with van der Waals surface area (Å²) in [5.41, 5.74) is 3.78. The van der Waals surface area contributed by atoms with Crippen LogP contribution in [-0.4, -0.2) is 34.5 Å². The topological polar surface area (TPSA) is 76.4 Å². The summed E-state index contributed by atoms with van der Waals surface area (Å²) >= 11 is 12.4. The number of hydrogen-bond donors (Lipinski definition) is 2. The van der Waals surface area contributed by atoms with Gasteiger partial charge in [-0.15, -0.1) is 0 Å². The first-order valence-electron chi connectivity index (χ1n) is 8.84. The van der Waals surface area contributed by atoms with Gasteiger partial charge >= 0.3 is 5.97 Å². The molecular weight excluding hydrogens is 413 g/mol. The fourth-order valence-electron chi connectivity index (χ4n) is 3.37. The summed E-state index contributed by atoms with van der Waals surface area (Å²) in [7, 11) is 1.62. The number of aromatic nitrogens is 2. The lowest BCUT2D eigenvalue weighted by atomic mass is 9.99. The van der Waals surface area contributed by atoms with Crippen molar-refractivity contribution in [2.75, 3.05) is 13.7 Å². The standard InChI is InChI=1S/C21H17Cl2N3O3/c1-29-15-5-2-12(3-6-15)8-13-10-24-11-16-19(21(27)28)25-26(20(13)16)18-7-4-14(22)9-17(18)23/h2-9,24H,10-11H2,1H3,(H,27,28)/b13-8+. The first-order chi connectivity index (χ1) is 14.0. The van der Waals surface area contributed by atoms with Gasteiger partial charge in [-0.3, -0.25) is 0 Å². The zero-order valence-electron chi connectivity index (χ0n) is 15.4. The minimum absolute atomic E-state index is 0.00107. The molecule has 3 aromatic rings. The van der Waals surface area contributed by atoms with Gasteiger partial charge in [0, 0.05) is 23.7 Å². The van der Waals surface area contributed by atoms with Crippen LogP contribution in [0.1, 0.15) is 27.3 Å². The number of rotatable bonds is 4. The highest BCUT2D eigenvalue weighted by atomic mass is 35.5. The molecule has 1 aromatic heterocycles. The first-order valence-corrected chi connectivity index (χ1v) is 9.60. The number of ether oxygens (including phenoxy) is 1. The number of nitrogens with one attached hydrogen (secondary N) is 1. The summed E-state index contributed by atoms with van der Waals surface area (Å²) < 4.78 is 6.80. The SMILES string of the molecule is COc1ccc(/C=C2\CNCc3c(C(=O)O)nn(-c4ccc(Cl)cc4Cl)c32)cc1. The van der Waals surface area contributed by atoms with E-state index in [1.807, 2.05) is 30.3 Å². The molecule has 0 bridgehead atoms. The van der Waals surface area contributed by atoms with Crippen molar-refractivity contribution in [3.63, 3.8) is 0 Å². The van der Waals surface area contributed by atoms with Crippen molar-refractivity contribution in [1.29, 1.82) is 0 Å². The summed E-state index contributed by atoms with van der Waals surface area (Å²) in [6.07, 6.45) is 2.00. The van der Waals surface area contributed by atoms with Crippen LogP contribution in [0.2, 0.25) is 10.0 Å². The molecule has 6 nitrogen and oxygen atoms in total. The molecule has 0 unspecified atom stereocenters. The molecule has 0 amide bonds. The highest BCUT2D eigenvalue weighted by Gasteiger charge is 2.28. The molecule has 8 heteroatoms. The third kappa shape index (κ3) is 3.74. The Bertz CT molecular complexity index is 1120. The number of methoxy groups -OCH3 is 1. The average molecular weight is 430 g/mol. The van der Waals surface area contributed by atoms with Gasteiger partial charge in [0.1, 0.15) is 5.75 Å². The number of benzene rings is 2. The van der Waals surface area contributed by atoms with Gasteiger partial charge in [-0.2, -0.15) is 5.10 Å². The minimum atomic E-state index is -1.09. The molecule has 1 aliphatic heterocycles. The highest BCUT2D eigenvalue weighted by molar-refractivity contribution is 6.35. The largest absolute Gasteiger partial charge is 0.497 e. The lowest BCUT2D eigenvalue weighted by molar-refractivity contribution is 0.0688. The number of halogens is 2. The second-order valence-corrected chi connectivity index (χ2v) is 7.38. The van der Waals surface area contributed by atoms with E-state index in [2.05, 4.69) is 10.4 Å². The van der Waals surface area contributed by atoms with Gasteiger partial charge in [-0.25, -0.2) is 9.48 Å². The normalized spacial score (nSPS) is 14.7. The van der Waals surface area contributed by atoms with E-state index >= 15 is 0 Å². The molecule has 0 radical (unpaired) electrons. The molecule has 2 N–H and O–H groups in total. The highest BCUT2D eigenvalue weighted by Crippen LogP contribution is 2.33. The zero-order valence-corrected chi connectivity index (χ0v) is 17.0. The van der Waals surface area contributed by atoms with Crippen molar-refractivity contribution >= 4 is 40.8 Å². The Kier molecular flexibility index (Phi) is 5.32. The van der Waals surface area contributed by atoms with Crippen LogP contribution in [0, 0.1) is 0 Å². The maximum absolute atomic E-state index is 11.8. The number of carboxylic acid groups (broad SMARTS) is 1. The monoisotopic (exact) mass is 429 g/mol. The van der Waals surface area contributed by atoms with Gasteiger partial charge in [0.2, 0.25) is 0 Å². The summed E-state index contributed by atoms with van der Waals surface area (Å²) in [6.45, 7) is 0.969. The fourth-order valence-corrected chi connectivity index (χ4v) is 3.86. The molecule has 0 atom stereocenters. The van der Waals surface area contributed by atoms with E-state index in [4.69, 9.17) is 27.9 Å². The van der Waals surface area contributed by atoms with E-state index in [-0.39, 0.29) is 5.69 Å². The van der Waals surface area contributed by atoms with Gasteiger partial charge in [0.05, 0.1) is 23.5 Å². The first kappa shape index (κ1) is 19.5. The van der Waals surface area contributed by atoms with Gasteiger partial charge in [-0.05, 0) is 47.5 Å². The van der Waals surface area contributed by atoms with Gasteiger partial charge in [0.25, 0.3) is 0 Å².